The first-order valence-electron chi connectivity index (χ1n) is 3.22. The van der Waals surface area contributed by atoms with Crippen molar-refractivity contribution in [3.63, 3.8) is 0 Å². The molecule has 1 unspecified atom stereocenters. The molecule has 2 aliphatic rings. The van der Waals surface area contributed by atoms with Crippen molar-refractivity contribution in [3.05, 3.63) is 11.8 Å². The highest BCUT2D eigenvalue weighted by Crippen LogP contribution is 2.16. The smallest absolute Gasteiger partial charge is 0.133 e. The maximum atomic E-state index is 5.08. The molecule has 2 aliphatic heterocycles. The van der Waals surface area contributed by atoms with Gasteiger partial charge in [-0.25, -0.2) is 0 Å². The van der Waals surface area contributed by atoms with Crippen LogP contribution in [0.1, 0.15) is 0 Å². The number of hydroxylamine groups is 1. The Balaban J connectivity index is 2.04. The lowest BCUT2D eigenvalue weighted by Gasteiger charge is -2.04. The lowest BCUT2D eigenvalue weighted by Crippen LogP contribution is -2.11. The highest BCUT2D eigenvalue weighted by molar-refractivity contribution is 5.65. The predicted molar refractivity (Wildman–Crippen MR) is 35.1 cm³/mol. The van der Waals surface area contributed by atoms with Crippen LogP contribution in [0.2, 0.25) is 0 Å². The van der Waals surface area contributed by atoms with Crippen molar-refractivity contribution >= 4 is 6.21 Å². The van der Waals surface area contributed by atoms with Crippen LogP contribution >= 0.6 is 0 Å². The van der Waals surface area contributed by atoms with Gasteiger partial charge >= 0.3 is 0 Å². The monoisotopic (exact) mass is 140 g/mol. The van der Waals surface area contributed by atoms with Crippen LogP contribution in [-0.2, 0) is 9.68 Å². The Morgan fingerprint density at radius 2 is 2.70 bits per heavy atom. The Labute approximate surface area is 58.4 Å². The van der Waals surface area contributed by atoms with E-state index in [4.69, 9.17) is 9.68 Å². The molecule has 1 N–H and O–H groups in total. The summed E-state index contributed by atoms with van der Waals surface area (Å²) in [6, 6.07) is 0. The van der Waals surface area contributed by atoms with Gasteiger partial charge in [-0.15, -0.1) is 0 Å². The van der Waals surface area contributed by atoms with Crippen LogP contribution in [0.25, 0.3) is 0 Å². The fourth-order valence-corrected chi connectivity index (χ4v) is 0.974. The summed E-state index contributed by atoms with van der Waals surface area (Å²) in [5, 5.41) is 3.64. The van der Waals surface area contributed by atoms with Gasteiger partial charge in [0, 0.05) is 0 Å². The molecule has 0 fully saturated rings. The lowest BCUT2D eigenvalue weighted by atomic mass is 10.1. The van der Waals surface area contributed by atoms with Gasteiger partial charge in [-0.3, -0.25) is 0 Å². The van der Waals surface area contributed by atoms with Gasteiger partial charge in [0.1, 0.15) is 12.4 Å². The molecule has 0 aromatic rings. The fourth-order valence-electron chi connectivity index (χ4n) is 0.974. The maximum absolute atomic E-state index is 5.08. The van der Waals surface area contributed by atoms with Crippen LogP contribution in [0.15, 0.2) is 17.0 Å². The minimum atomic E-state index is 0.218. The molecule has 0 aromatic heterocycles. The fraction of sp³-hybridized carbons (Fsp3) is 0.500. The third kappa shape index (κ3) is 0.863. The number of rotatable bonds is 1. The van der Waals surface area contributed by atoms with Crippen molar-refractivity contribution in [1.29, 1.82) is 0 Å². The second kappa shape index (κ2) is 2.30. The molecule has 0 aliphatic carbocycles. The van der Waals surface area contributed by atoms with E-state index in [1.165, 1.54) is 0 Å². The zero-order chi connectivity index (χ0) is 6.81. The number of hydrogen-bond acceptors (Lipinski definition) is 4. The third-order valence-electron chi connectivity index (χ3n) is 1.51. The number of nitrogens with zero attached hydrogens (tertiary/aromatic N) is 1. The molecule has 0 radical (unpaired) electrons. The van der Waals surface area contributed by atoms with Crippen molar-refractivity contribution in [2.24, 2.45) is 11.1 Å². The number of nitrogens with one attached hydrogen (secondary N) is 1. The topological polar surface area (TPSA) is 42.8 Å². The van der Waals surface area contributed by atoms with Gasteiger partial charge in [0.15, 0.2) is 0 Å². The quantitative estimate of drug-likeness (QED) is 0.559. The van der Waals surface area contributed by atoms with E-state index in [1.807, 2.05) is 6.08 Å². The van der Waals surface area contributed by atoms with Crippen LogP contribution < -0.4 is 5.48 Å². The summed E-state index contributed by atoms with van der Waals surface area (Å²) < 4.78 is 0. The van der Waals surface area contributed by atoms with Crippen LogP contribution in [-0.4, -0.2) is 19.4 Å². The molecule has 0 spiro atoms. The predicted octanol–water partition coefficient (Wildman–Crippen LogP) is 0.0373. The Hall–Kier alpha value is -1.03. The minimum absolute atomic E-state index is 0.218. The van der Waals surface area contributed by atoms with Gasteiger partial charge < -0.3 is 9.68 Å². The molecule has 0 aromatic carbocycles. The molecule has 10 heavy (non-hydrogen) atoms. The first kappa shape index (κ1) is 5.73. The van der Waals surface area contributed by atoms with Crippen LogP contribution in [0, 0.1) is 5.92 Å². The average molecular weight is 140 g/mol. The molecule has 1 atom stereocenters. The average Bonchev–Trinajstić information content (AvgIpc) is 2.59. The van der Waals surface area contributed by atoms with E-state index in [9.17, 15) is 0 Å². The zero-order valence-electron chi connectivity index (χ0n) is 5.41. The van der Waals surface area contributed by atoms with Gasteiger partial charge in [-0.05, 0) is 6.08 Å². The second-order valence-electron chi connectivity index (χ2n) is 2.21. The SMILES string of the molecule is C1=NOCC1C1=CCNO1. The van der Waals surface area contributed by atoms with E-state index < -0.39 is 0 Å². The molecule has 54 valence electrons. The summed E-state index contributed by atoms with van der Waals surface area (Å²) >= 11 is 0. The Morgan fingerprint density at radius 1 is 1.70 bits per heavy atom. The standard InChI is InChI=1S/C6H8N2O2/c1-2-7-10-6(1)5-3-8-9-4-5/h1,3,5,7H,2,4H2. The summed E-state index contributed by atoms with van der Waals surface area (Å²) in [6.45, 7) is 1.38. The highest BCUT2D eigenvalue weighted by Gasteiger charge is 2.21. The third-order valence-corrected chi connectivity index (χ3v) is 1.51. The Morgan fingerprint density at radius 3 is 3.30 bits per heavy atom. The normalized spacial score (nSPS) is 29.6. The Bertz CT molecular complexity index is 188. The minimum Gasteiger partial charge on any atom is -0.412 e. The molecule has 2 rings (SSSR count). The van der Waals surface area contributed by atoms with Gasteiger partial charge in [-0.2, -0.15) is 5.48 Å². The molecule has 0 saturated heterocycles. The molecular weight excluding hydrogens is 132 g/mol. The van der Waals surface area contributed by atoms with Gasteiger partial charge in [0.2, 0.25) is 0 Å². The molecule has 0 amide bonds. The zero-order valence-corrected chi connectivity index (χ0v) is 5.41. The molecule has 4 heteroatoms. The van der Waals surface area contributed by atoms with E-state index in [-0.39, 0.29) is 5.92 Å². The van der Waals surface area contributed by atoms with Crippen LogP contribution in [0.3, 0.4) is 0 Å². The van der Waals surface area contributed by atoms with Gasteiger partial charge in [0.05, 0.1) is 18.7 Å². The van der Waals surface area contributed by atoms with Crippen molar-refractivity contribution in [1.82, 2.24) is 5.48 Å². The summed E-state index contributed by atoms with van der Waals surface area (Å²) in [7, 11) is 0. The van der Waals surface area contributed by atoms with E-state index in [0.717, 1.165) is 12.3 Å². The first-order chi connectivity index (χ1) is 4.97. The lowest BCUT2D eigenvalue weighted by molar-refractivity contribution is 0.100. The van der Waals surface area contributed by atoms with E-state index in [0.29, 0.717) is 6.61 Å². The molecule has 0 bridgehead atoms. The van der Waals surface area contributed by atoms with Gasteiger partial charge in [-0.1, -0.05) is 5.16 Å². The Kier molecular flexibility index (Phi) is 1.32. The summed E-state index contributed by atoms with van der Waals surface area (Å²) in [5.41, 5.74) is 2.74. The van der Waals surface area contributed by atoms with E-state index in [1.54, 1.807) is 6.21 Å². The molecule has 2 heterocycles. The van der Waals surface area contributed by atoms with Crippen LogP contribution in [0.4, 0.5) is 0 Å². The summed E-state index contributed by atoms with van der Waals surface area (Å²) in [5.74, 6) is 1.14. The first-order valence-corrected chi connectivity index (χ1v) is 3.22. The van der Waals surface area contributed by atoms with E-state index in [2.05, 4.69) is 10.6 Å². The van der Waals surface area contributed by atoms with Crippen LogP contribution in [0.5, 0.6) is 0 Å². The highest BCUT2D eigenvalue weighted by atomic mass is 16.7. The molecule has 4 nitrogen and oxygen atoms in total. The maximum Gasteiger partial charge on any atom is 0.133 e. The van der Waals surface area contributed by atoms with Gasteiger partial charge in [0.25, 0.3) is 0 Å². The molecule has 0 saturated carbocycles. The van der Waals surface area contributed by atoms with E-state index >= 15 is 0 Å². The summed E-state index contributed by atoms with van der Waals surface area (Å²) in [6.07, 6.45) is 3.74. The van der Waals surface area contributed by atoms with Crippen molar-refractivity contribution < 1.29 is 9.68 Å². The number of hydrogen-bond donors (Lipinski definition) is 1. The van der Waals surface area contributed by atoms with Crippen molar-refractivity contribution in [2.45, 2.75) is 0 Å². The van der Waals surface area contributed by atoms with Crippen molar-refractivity contribution in [3.8, 4) is 0 Å². The van der Waals surface area contributed by atoms with Crippen molar-refractivity contribution in [2.75, 3.05) is 13.2 Å². The number of oxime groups is 1. The summed E-state index contributed by atoms with van der Waals surface area (Å²) in [4.78, 5) is 9.87. The second-order valence-corrected chi connectivity index (χ2v) is 2.21. The largest absolute Gasteiger partial charge is 0.412 e. The molecular formula is C6H8N2O2.